The number of hydrogen-bond acceptors (Lipinski definition) is 2. The number of alkyl halides is 2. The van der Waals surface area contributed by atoms with E-state index in [1.54, 1.807) is 0 Å². The summed E-state index contributed by atoms with van der Waals surface area (Å²) in [6, 6.07) is 0. The summed E-state index contributed by atoms with van der Waals surface area (Å²) in [6.07, 6.45) is 1.39. The summed E-state index contributed by atoms with van der Waals surface area (Å²) in [5, 5.41) is 3.19. The first-order valence-electron chi connectivity index (χ1n) is 5.87. The van der Waals surface area contributed by atoms with Crippen molar-refractivity contribution in [3.05, 3.63) is 0 Å². The minimum atomic E-state index is -2.15. The lowest BCUT2D eigenvalue weighted by Crippen LogP contribution is -2.27. The van der Waals surface area contributed by atoms with Gasteiger partial charge in [-0.1, -0.05) is 0 Å². The molecule has 1 heterocycles. The van der Waals surface area contributed by atoms with Crippen molar-refractivity contribution in [2.45, 2.75) is 32.1 Å². The molecule has 1 aliphatic rings. The summed E-state index contributed by atoms with van der Waals surface area (Å²) < 4.78 is 24.1. The first-order chi connectivity index (χ1) is 7.22. The summed E-state index contributed by atoms with van der Waals surface area (Å²) in [4.78, 5) is 2.18. The van der Waals surface area contributed by atoms with Crippen molar-refractivity contribution in [2.24, 2.45) is 5.92 Å². The maximum Gasteiger partial charge on any atom is 0.239 e. The molecular formula is C11H22F2N2. The molecule has 15 heavy (non-hydrogen) atoms. The summed E-state index contributed by atoms with van der Waals surface area (Å²) in [6.45, 7) is 3.60. The molecule has 1 unspecified atom stereocenters. The fraction of sp³-hybridized carbons (Fsp3) is 1.00. The molecule has 1 rings (SSSR count). The Bertz CT molecular complexity index is 165. The van der Waals surface area contributed by atoms with Crippen molar-refractivity contribution in [1.82, 2.24) is 10.2 Å². The Morgan fingerprint density at radius 2 is 2.13 bits per heavy atom. The van der Waals surface area contributed by atoms with Gasteiger partial charge in [0.15, 0.2) is 0 Å². The van der Waals surface area contributed by atoms with Gasteiger partial charge < -0.3 is 10.2 Å². The topological polar surface area (TPSA) is 15.3 Å². The predicted molar refractivity (Wildman–Crippen MR) is 58.3 cm³/mol. The van der Waals surface area contributed by atoms with Gasteiger partial charge in [-0.3, -0.25) is 0 Å². The Labute approximate surface area is 91.0 Å². The zero-order valence-electron chi connectivity index (χ0n) is 9.51. The van der Waals surface area contributed by atoms with Gasteiger partial charge in [0.25, 0.3) is 0 Å². The normalized spacial score (nSPS) is 24.4. The van der Waals surface area contributed by atoms with Crippen molar-refractivity contribution in [3.8, 4) is 0 Å². The molecule has 0 amide bonds. The van der Waals surface area contributed by atoms with Crippen LogP contribution in [0.2, 0.25) is 0 Å². The highest BCUT2D eigenvalue weighted by Crippen LogP contribution is 2.17. The molecule has 1 atom stereocenters. The van der Waals surface area contributed by atoms with E-state index in [1.807, 2.05) is 7.05 Å². The summed E-state index contributed by atoms with van der Waals surface area (Å²) in [5.41, 5.74) is 0. The van der Waals surface area contributed by atoms with Crippen LogP contribution in [0.5, 0.6) is 0 Å². The van der Waals surface area contributed by atoms with Crippen molar-refractivity contribution in [2.75, 3.05) is 33.2 Å². The number of hydrogen-bond donors (Lipinski definition) is 1. The van der Waals surface area contributed by atoms with Crippen LogP contribution in [-0.4, -0.2) is 44.6 Å². The molecule has 1 N–H and O–H groups in total. The van der Waals surface area contributed by atoms with Crippen molar-refractivity contribution >= 4 is 0 Å². The van der Waals surface area contributed by atoms with E-state index in [0.29, 0.717) is 6.54 Å². The molecule has 0 spiro atoms. The van der Waals surface area contributed by atoms with Crippen LogP contribution in [0.25, 0.3) is 0 Å². The van der Waals surface area contributed by atoms with Crippen molar-refractivity contribution in [3.63, 3.8) is 0 Å². The van der Waals surface area contributed by atoms with E-state index in [-0.39, 0.29) is 6.42 Å². The van der Waals surface area contributed by atoms with Crippen molar-refractivity contribution < 1.29 is 8.78 Å². The van der Waals surface area contributed by atoms with Crippen LogP contribution in [0.3, 0.4) is 0 Å². The smallest absolute Gasteiger partial charge is 0.239 e. The molecule has 0 aromatic rings. The van der Waals surface area contributed by atoms with Crippen LogP contribution < -0.4 is 5.32 Å². The van der Waals surface area contributed by atoms with E-state index < -0.39 is 6.43 Å². The zero-order valence-corrected chi connectivity index (χ0v) is 9.51. The first-order valence-corrected chi connectivity index (χ1v) is 5.87. The van der Waals surface area contributed by atoms with Crippen LogP contribution in [0, 0.1) is 5.92 Å². The quantitative estimate of drug-likeness (QED) is 0.762. The molecule has 4 heteroatoms. The monoisotopic (exact) mass is 220 g/mol. The second kappa shape index (κ2) is 7.12. The lowest BCUT2D eigenvalue weighted by atomic mass is 10.0. The molecule has 0 aromatic carbocycles. The Morgan fingerprint density at radius 3 is 2.80 bits per heavy atom. The van der Waals surface area contributed by atoms with Crippen LogP contribution >= 0.6 is 0 Å². The van der Waals surface area contributed by atoms with E-state index >= 15 is 0 Å². The minimum absolute atomic E-state index is 0.0245. The van der Waals surface area contributed by atoms with Gasteiger partial charge in [-0.2, -0.15) is 0 Å². The SMILES string of the molecule is CNCC1CCCN(CCC(F)F)CC1. The van der Waals surface area contributed by atoms with Crippen molar-refractivity contribution in [1.29, 1.82) is 0 Å². The molecule has 0 saturated carbocycles. The number of nitrogens with one attached hydrogen (secondary N) is 1. The maximum absolute atomic E-state index is 12.1. The molecule has 0 bridgehead atoms. The minimum Gasteiger partial charge on any atom is -0.319 e. The van der Waals surface area contributed by atoms with Gasteiger partial charge in [-0.05, 0) is 51.9 Å². The molecule has 1 saturated heterocycles. The largest absolute Gasteiger partial charge is 0.319 e. The lowest BCUT2D eigenvalue weighted by Gasteiger charge is -2.19. The highest BCUT2D eigenvalue weighted by Gasteiger charge is 2.17. The Hall–Kier alpha value is -0.220. The van der Waals surface area contributed by atoms with E-state index in [1.165, 1.54) is 6.42 Å². The van der Waals surface area contributed by atoms with Gasteiger partial charge in [0.05, 0.1) is 0 Å². The molecular weight excluding hydrogens is 198 g/mol. The van der Waals surface area contributed by atoms with Crippen LogP contribution in [0.15, 0.2) is 0 Å². The van der Waals surface area contributed by atoms with Crippen LogP contribution in [-0.2, 0) is 0 Å². The Morgan fingerprint density at radius 1 is 1.33 bits per heavy atom. The fourth-order valence-corrected chi connectivity index (χ4v) is 2.22. The van der Waals surface area contributed by atoms with Gasteiger partial charge in [0, 0.05) is 13.0 Å². The van der Waals surface area contributed by atoms with Crippen LogP contribution in [0.4, 0.5) is 8.78 Å². The second-order valence-corrected chi connectivity index (χ2v) is 4.38. The third kappa shape index (κ3) is 5.42. The average molecular weight is 220 g/mol. The summed E-state index contributed by atoms with van der Waals surface area (Å²) in [5.74, 6) is 0.728. The standard InChI is InChI=1S/C11H22F2N2/c1-14-9-10-3-2-6-15(7-4-10)8-5-11(12)13/h10-11,14H,2-9H2,1H3. The number of rotatable bonds is 5. The molecule has 0 aliphatic carbocycles. The maximum atomic E-state index is 12.1. The van der Waals surface area contributed by atoms with E-state index in [4.69, 9.17) is 0 Å². The molecule has 1 aliphatic heterocycles. The third-order valence-corrected chi connectivity index (χ3v) is 3.10. The zero-order chi connectivity index (χ0) is 11.1. The number of halogens is 2. The van der Waals surface area contributed by atoms with Gasteiger partial charge in [0.2, 0.25) is 6.43 Å². The van der Waals surface area contributed by atoms with Gasteiger partial charge >= 0.3 is 0 Å². The highest BCUT2D eigenvalue weighted by molar-refractivity contribution is 4.71. The summed E-state index contributed by atoms with van der Waals surface area (Å²) in [7, 11) is 1.97. The third-order valence-electron chi connectivity index (χ3n) is 3.10. The van der Waals surface area contributed by atoms with E-state index in [2.05, 4.69) is 10.2 Å². The highest BCUT2D eigenvalue weighted by atomic mass is 19.3. The fourth-order valence-electron chi connectivity index (χ4n) is 2.22. The lowest BCUT2D eigenvalue weighted by molar-refractivity contribution is 0.116. The van der Waals surface area contributed by atoms with Crippen LogP contribution in [0.1, 0.15) is 25.7 Å². The second-order valence-electron chi connectivity index (χ2n) is 4.38. The molecule has 90 valence electrons. The van der Waals surface area contributed by atoms with Gasteiger partial charge in [-0.15, -0.1) is 0 Å². The number of likely N-dealkylation sites (tertiary alicyclic amines) is 1. The average Bonchev–Trinajstić information content (AvgIpc) is 2.41. The van der Waals surface area contributed by atoms with Gasteiger partial charge in [-0.25, -0.2) is 8.78 Å². The first kappa shape index (κ1) is 12.8. The number of nitrogens with zero attached hydrogens (tertiary/aromatic N) is 1. The molecule has 0 radical (unpaired) electrons. The molecule has 2 nitrogen and oxygen atoms in total. The predicted octanol–water partition coefficient (Wildman–Crippen LogP) is 1.96. The van der Waals surface area contributed by atoms with E-state index in [0.717, 1.165) is 38.4 Å². The van der Waals surface area contributed by atoms with E-state index in [9.17, 15) is 8.78 Å². The molecule has 0 aromatic heterocycles. The summed E-state index contributed by atoms with van der Waals surface area (Å²) >= 11 is 0. The Balaban J connectivity index is 2.20. The molecule has 1 fully saturated rings. The Kier molecular flexibility index (Phi) is 6.10. The van der Waals surface area contributed by atoms with Gasteiger partial charge in [0.1, 0.15) is 0 Å².